The largest absolute Gasteiger partial charge is 0.301 e. The lowest BCUT2D eigenvalue weighted by Gasteiger charge is -2.35. The number of nitro benzene ring substituents is 1. The van der Waals surface area contributed by atoms with Crippen LogP contribution in [0.1, 0.15) is 19.4 Å². The molecule has 0 aromatic heterocycles. The standard InChI is InChI=1S/C15H22BrN3O2/c1-12(2)10-17-6-8-18(9-7-17)11-13-4-3-5-14(15(13)16)19(20)21/h3-5,12H,6-11H2,1-2H3. The van der Waals surface area contributed by atoms with E-state index < -0.39 is 0 Å². The van der Waals surface area contributed by atoms with Crippen LogP contribution in [0.15, 0.2) is 22.7 Å². The molecular formula is C15H22BrN3O2. The van der Waals surface area contributed by atoms with E-state index in [1.165, 1.54) is 6.07 Å². The Morgan fingerprint density at radius 2 is 1.86 bits per heavy atom. The maximum atomic E-state index is 11.0. The topological polar surface area (TPSA) is 49.6 Å². The van der Waals surface area contributed by atoms with Crippen LogP contribution in [-0.4, -0.2) is 47.4 Å². The second kappa shape index (κ2) is 7.33. The second-order valence-corrected chi connectivity index (χ2v) is 6.77. The number of halogens is 1. The average molecular weight is 356 g/mol. The van der Waals surface area contributed by atoms with Gasteiger partial charge in [-0.05, 0) is 27.4 Å². The maximum absolute atomic E-state index is 11.0. The molecule has 2 rings (SSSR count). The predicted octanol–water partition coefficient (Wildman–Crippen LogP) is 3.13. The average Bonchev–Trinajstić information content (AvgIpc) is 2.42. The molecule has 0 bridgehead atoms. The summed E-state index contributed by atoms with van der Waals surface area (Å²) in [7, 11) is 0. The maximum Gasteiger partial charge on any atom is 0.283 e. The Kier molecular flexibility index (Phi) is 5.72. The van der Waals surface area contributed by atoms with Gasteiger partial charge in [0.1, 0.15) is 0 Å². The second-order valence-electron chi connectivity index (χ2n) is 5.98. The molecule has 21 heavy (non-hydrogen) atoms. The summed E-state index contributed by atoms with van der Waals surface area (Å²) < 4.78 is 0.611. The molecule has 0 N–H and O–H groups in total. The Labute approximate surface area is 134 Å². The predicted molar refractivity (Wildman–Crippen MR) is 87.4 cm³/mol. The highest BCUT2D eigenvalue weighted by Gasteiger charge is 2.20. The van der Waals surface area contributed by atoms with E-state index in [-0.39, 0.29) is 10.6 Å². The van der Waals surface area contributed by atoms with E-state index in [2.05, 4.69) is 39.6 Å². The molecule has 1 aromatic carbocycles. The summed E-state index contributed by atoms with van der Waals surface area (Å²) in [6, 6.07) is 5.25. The molecule has 1 fully saturated rings. The molecular weight excluding hydrogens is 334 g/mol. The number of rotatable bonds is 5. The SMILES string of the molecule is CC(C)CN1CCN(Cc2cccc([N+](=O)[O-])c2Br)CC1. The molecule has 5 nitrogen and oxygen atoms in total. The fraction of sp³-hybridized carbons (Fsp3) is 0.600. The summed E-state index contributed by atoms with van der Waals surface area (Å²) in [5.41, 5.74) is 1.13. The Morgan fingerprint density at radius 3 is 2.43 bits per heavy atom. The van der Waals surface area contributed by atoms with Crippen LogP contribution in [0.2, 0.25) is 0 Å². The van der Waals surface area contributed by atoms with Gasteiger partial charge in [0.2, 0.25) is 0 Å². The number of hydrogen-bond acceptors (Lipinski definition) is 4. The van der Waals surface area contributed by atoms with Crippen molar-refractivity contribution in [1.82, 2.24) is 9.80 Å². The van der Waals surface area contributed by atoms with Gasteiger partial charge in [-0.1, -0.05) is 26.0 Å². The molecule has 1 aliphatic heterocycles. The third-order valence-electron chi connectivity index (χ3n) is 3.74. The van der Waals surface area contributed by atoms with Gasteiger partial charge in [-0.15, -0.1) is 0 Å². The zero-order valence-electron chi connectivity index (χ0n) is 12.6. The summed E-state index contributed by atoms with van der Waals surface area (Å²) >= 11 is 3.37. The molecule has 1 aliphatic rings. The van der Waals surface area contributed by atoms with E-state index in [0.717, 1.165) is 44.8 Å². The Hall–Kier alpha value is -0.980. The molecule has 0 atom stereocenters. The molecule has 0 spiro atoms. The van der Waals surface area contributed by atoms with E-state index >= 15 is 0 Å². The minimum absolute atomic E-state index is 0.144. The Bertz CT molecular complexity index is 500. The van der Waals surface area contributed by atoms with E-state index in [4.69, 9.17) is 0 Å². The van der Waals surface area contributed by atoms with Crippen LogP contribution in [0.25, 0.3) is 0 Å². The minimum Gasteiger partial charge on any atom is -0.301 e. The molecule has 0 saturated carbocycles. The highest BCUT2D eigenvalue weighted by atomic mass is 79.9. The number of benzene rings is 1. The van der Waals surface area contributed by atoms with Crippen molar-refractivity contribution in [2.75, 3.05) is 32.7 Å². The van der Waals surface area contributed by atoms with Gasteiger partial charge in [-0.2, -0.15) is 0 Å². The van der Waals surface area contributed by atoms with E-state index in [1.54, 1.807) is 6.07 Å². The third kappa shape index (κ3) is 4.49. The lowest BCUT2D eigenvalue weighted by molar-refractivity contribution is -0.385. The number of nitrogens with zero attached hydrogens (tertiary/aromatic N) is 3. The van der Waals surface area contributed by atoms with Crippen LogP contribution in [0.3, 0.4) is 0 Å². The summed E-state index contributed by atoms with van der Waals surface area (Å²) in [5, 5.41) is 11.0. The van der Waals surface area contributed by atoms with Gasteiger partial charge >= 0.3 is 0 Å². The highest BCUT2D eigenvalue weighted by molar-refractivity contribution is 9.10. The van der Waals surface area contributed by atoms with Gasteiger partial charge in [0.25, 0.3) is 5.69 Å². The lowest BCUT2D eigenvalue weighted by Crippen LogP contribution is -2.46. The normalized spacial score (nSPS) is 17.3. The van der Waals surface area contributed by atoms with Gasteiger partial charge in [0.05, 0.1) is 9.40 Å². The summed E-state index contributed by atoms with van der Waals surface area (Å²) in [5.74, 6) is 0.697. The molecule has 116 valence electrons. The minimum atomic E-state index is -0.339. The number of piperazine rings is 1. The number of nitro groups is 1. The zero-order chi connectivity index (χ0) is 15.4. The van der Waals surface area contributed by atoms with Crippen LogP contribution in [-0.2, 0) is 6.54 Å². The van der Waals surface area contributed by atoms with Crippen LogP contribution in [0.4, 0.5) is 5.69 Å². The molecule has 1 saturated heterocycles. The lowest BCUT2D eigenvalue weighted by atomic mass is 10.1. The van der Waals surface area contributed by atoms with Crippen molar-refractivity contribution in [1.29, 1.82) is 0 Å². The first-order valence-corrected chi connectivity index (χ1v) is 8.13. The van der Waals surface area contributed by atoms with Crippen LogP contribution in [0.5, 0.6) is 0 Å². The van der Waals surface area contributed by atoms with Crippen molar-refractivity contribution in [2.45, 2.75) is 20.4 Å². The van der Waals surface area contributed by atoms with Gasteiger partial charge in [0, 0.05) is 45.3 Å². The molecule has 0 radical (unpaired) electrons. The molecule has 6 heteroatoms. The fourth-order valence-electron chi connectivity index (χ4n) is 2.72. The van der Waals surface area contributed by atoms with Crippen LogP contribution >= 0.6 is 15.9 Å². The van der Waals surface area contributed by atoms with Gasteiger partial charge in [-0.3, -0.25) is 15.0 Å². The Balaban J connectivity index is 1.95. The van der Waals surface area contributed by atoms with Crippen molar-refractivity contribution < 1.29 is 4.92 Å². The quantitative estimate of drug-likeness (QED) is 0.601. The molecule has 0 unspecified atom stereocenters. The molecule has 1 aromatic rings. The van der Waals surface area contributed by atoms with Crippen molar-refractivity contribution in [2.24, 2.45) is 5.92 Å². The van der Waals surface area contributed by atoms with E-state index in [1.807, 2.05) is 6.07 Å². The van der Waals surface area contributed by atoms with E-state index in [0.29, 0.717) is 10.4 Å². The monoisotopic (exact) mass is 355 g/mol. The number of hydrogen-bond donors (Lipinski definition) is 0. The fourth-order valence-corrected chi connectivity index (χ4v) is 3.25. The first-order chi connectivity index (χ1) is 9.97. The van der Waals surface area contributed by atoms with Crippen molar-refractivity contribution in [3.05, 3.63) is 38.3 Å². The van der Waals surface area contributed by atoms with Crippen LogP contribution < -0.4 is 0 Å². The van der Waals surface area contributed by atoms with Gasteiger partial charge in [-0.25, -0.2) is 0 Å². The smallest absolute Gasteiger partial charge is 0.283 e. The van der Waals surface area contributed by atoms with Gasteiger partial charge in [0.15, 0.2) is 0 Å². The molecule has 1 heterocycles. The third-order valence-corrected chi connectivity index (χ3v) is 4.65. The van der Waals surface area contributed by atoms with Crippen molar-refractivity contribution in [3.63, 3.8) is 0 Å². The van der Waals surface area contributed by atoms with Crippen molar-refractivity contribution in [3.8, 4) is 0 Å². The molecule has 0 aliphatic carbocycles. The summed E-state index contributed by atoms with van der Waals surface area (Å²) in [6.07, 6.45) is 0. The summed E-state index contributed by atoms with van der Waals surface area (Å²) in [4.78, 5) is 15.5. The first-order valence-electron chi connectivity index (χ1n) is 7.34. The zero-order valence-corrected chi connectivity index (χ0v) is 14.2. The van der Waals surface area contributed by atoms with E-state index in [9.17, 15) is 10.1 Å². The highest BCUT2D eigenvalue weighted by Crippen LogP contribution is 2.29. The van der Waals surface area contributed by atoms with Crippen molar-refractivity contribution >= 4 is 21.6 Å². The summed E-state index contributed by atoms with van der Waals surface area (Å²) in [6.45, 7) is 10.6. The van der Waals surface area contributed by atoms with Gasteiger partial charge < -0.3 is 4.90 Å². The molecule has 0 amide bonds. The first kappa shape index (κ1) is 16.4. The Morgan fingerprint density at radius 1 is 1.24 bits per heavy atom. The van der Waals surface area contributed by atoms with Crippen LogP contribution in [0, 0.1) is 16.0 Å².